The Kier molecular flexibility index (Phi) is 4.81. The third-order valence-corrected chi connectivity index (χ3v) is 5.32. The molecular formula is C15H18N6OS2. The summed E-state index contributed by atoms with van der Waals surface area (Å²) in [6, 6.07) is 2.08. The minimum atomic E-state index is 0.0641. The molecule has 0 fully saturated rings. The monoisotopic (exact) mass is 362 g/mol. The van der Waals surface area contributed by atoms with Crippen molar-refractivity contribution in [3.63, 3.8) is 0 Å². The molecule has 0 N–H and O–H groups in total. The number of aromatic nitrogens is 6. The number of carbonyl (C=O) groups is 1. The first-order valence-electron chi connectivity index (χ1n) is 7.51. The van der Waals surface area contributed by atoms with Crippen LogP contribution in [0.25, 0.3) is 5.13 Å². The lowest BCUT2D eigenvalue weighted by atomic mass is 10.2. The van der Waals surface area contributed by atoms with Crippen molar-refractivity contribution in [3.8, 4) is 5.13 Å². The Labute approximate surface area is 148 Å². The second kappa shape index (κ2) is 6.86. The van der Waals surface area contributed by atoms with E-state index in [-0.39, 0.29) is 11.8 Å². The summed E-state index contributed by atoms with van der Waals surface area (Å²) in [6.07, 6.45) is 1.77. The van der Waals surface area contributed by atoms with Crippen LogP contribution in [0, 0.1) is 13.8 Å². The van der Waals surface area contributed by atoms with Crippen LogP contribution in [0.1, 0.15) is 41.6 Å². The van der Waals surface area contributed by atoms with Crippen LogP contribution < -0.4 is 0 Å². The lowest BCUT2D eigenvalue weighted by Gasteiger charge is -2.07. The van der Waals surface area contributed by atoms with E-state index in [0.717, 1.165) is 22.1 Å². The van der Waals surface area contributed by atoms with Crippen molar-refractivity contribution in [3.05, 3.63) is 34.6 Å². The number of aryl methyl sites for hydroxylation is 1. The summed E-state index contributed by atoms with van der Waals surface area (Å²) in [7, 11) is 0. The largest absolute Gasteiger partial charge is 0.294 e. The molecule has 0 aliphatic carbocycles. The molecule has 0 unspecified atom stereocenters. The topological polar surface area (TPSA) is 78.5 Å². The van der Waals surface area contributed by atoms with Crippen LogP contribution in [0.2, 0.25) is 0 Å². The molecule has 0 aliphatic heterocycles. The molecular weight excluding hydrogens is 344 g/mol. The Morgan fingerprint density at radius 1 is 1.38 bits per heavy atom. The van der Waals surface area contributed by atoms with Gasteiger partial charge in [-0.15, -0.1) is 16.4 Å². The molecule has 0 saturated carbocycles. The molecule has 7 nitrogen and oxygen atoms in total. The van der Waals surface area contributed by atoms with E-state index in [0.29, 0.717) is 10.9 Å². The number of nitrogens with zero attached hydrogens (tertiary/aromatic N) is 6. The van der Waals surface area contributed by atoms with Crippen LogP contribution in [0.4, 0.5) is 0 Å². The van der Waals surface area contributed by atoms with Gasteiger partial charge in [0.1, 0.15) is 0 Å². The highest BCUT2D eigenvalue weighted by molar-refractivity contribution is 7.99. The first-order valence-corrected chi connectivity index (χ1v) is 9.38. The fourth-order valence-electron chi connectivity index (χ4n) is 2.48. The van der Waals surface area contributed by atoms with Gasteiger partial charge in [-0.25, -0.2) is 9.67 Å². The summed E-state index contributed by atoms with van der Waals surface area (Å²) in [5.74, 6) is 0.365. The van der Waals surface area contributed by atoms with E-state index in [1.165, 1.54) is 11.8 Å². The van der Waals surface area contributed by atoms with E-state index in [9.17, 15) is 4.79 Å². The molecule has 24 heavy (non-hydrogen) atoms. The highest BCUT2D eigenvalue weighted by atomic mass is 32.2. The summed E-state index contributed by atoms with van der Waals surface area (Å²) < 4.78 is 3.73. The van der Waals surface area contributed by atoms with Crippen molar-refractivity contribution in [2.75, 3.05) is 5.75 Å². The van der Waals surface area contributed by atoms with Crippen molar-refractivity contribution in [2.45, 2.75) is 38.9 Å². The molecule has 0 atom stereocenters. The molecule has 126 valence electrons. The summed E-state index contributed by atoms with van der Waals surface area (Å²) >= 11 is 2.91. The Balaban J connectivity index is 1.79. The fraction of sp³-hybridized carbons (Fsp3) is 0.400. The Hall–Kier alpha value is -2.00. The van der Waals surface area contributed by atoms with Crippen LogP contribution in [-0.4, -0.2) is 41.3 Å². The van der Waals surface area contributed by atoms with E-state index < -0.39 is 0 Å². The Bertz CT molecular complexity index is 850. The predicted molar refractivity (Wildman–Crippen MR) is 94.2 cm³/mol. The van der Waals surface area contributed by atoms with Crippen molar-refractivity contribution >= 4 is 28.9 Å². The fourth-order valence-corrected chi connectivity index (χ4v) is 4.12. The van der Waals surface area contributed by atoms with Gasteiger partial charge in [-0.2, -0.15) is 0 Å². The number of tetrazole rings is 1. The van der Waals surface area contributed by atoms with Gasteiger partial charge in [0.2, 0.25) is 5.16 Å². The molecule has 0 saturated heterocycles. The van der Waals surface area contributed by atoms with Gasteiger partial charge in [-0.05, 0) is 44.2 Å². The first-order chi connectivity index (χ1) is 11.5. The highest BCUT2D eigenvalue weighted by Gasteiger charge is 2.19. The van der Waals surface area contributed by atoms with E-state index in [4.69, 9.17) is 0 Å². The van der Waals surface area contributed by atoms with Gasteiger partial charge >= 0.3 is 0 Å². The van der Waals surface area contributed by atoms with Gasteiger partial charge in [-0.3, -0.25) is 9.36 Å². The SMILES string of the molecule is Cc1cc(C(=O)CSc2nnnn2C(C)C)c(C)n1-c1nccs1. The van der Waals surface area contributed by atoms with Crippen LogP contribution in [0.5, 0.6) is 0 Å². The average Bonchev–Trinajstić information content (AvgIpc) is 3.25. The van der Waals surface area contributed by atoms with E-state index in [1.54, 1.807) is 22.2 Å². The van der Waals surface area contributed by atoms with E-state index >= 15 is 0 Å². The lowest BCUT2D eigenvalue weighted by Crippen LogP contribution is -2.08. The molecule has 0 aromatic carbocycles. The predicted octanol–water partition coefficient (Wildman–Crippen LogP) is 3.09. The number of Topliss-reactive ketones (excluding diaryl/α,β-unsaturated/α-hetero) is 1. The molecule has 0 amide bonds. The summed E-state index contributed by atoms with van der Waals surface area (Å²) in [5.41, 5.74) is 2.64. The van der Waals surface area contributed by atoms with Gasteiger partial charge in [0.25, 0.3) is 0 Å². The van der Waals surface area contributed by atoms with Crippen molar-refractivity contribution in [1.29, 1.82) is 0 Å². The number of ketones is 1. The molecule has 0 bridgehead atoms. The third kappa shape index (κ3) is 3.13. The number of hydrogen-bond donors (Lipinski definition) is 0. The molecule has 0 aliphatic rings. The van der Waals surface area contributed by atoms with Gasteiger partial charge in [0.05, 0.1) is 11.8 Å². The van der Waals surface area contributed by atoms with Gasteiger partial charge < -0.3 is 0 Å². The molecule has 3 aromatic heterocycles. The second-order valence-electron chi connectivity index (χ2n) is 5.65. The quantitative estimate of drug-likeness (QED) is 0.495. The minimum absolute atomic E-state index is 0.0641. The zero-order valence-corrected chi connectivity index (χ0v) is 15.6. The van der Waals surface area contributed by atoms with Crippen LogP contribution in [0.3, 0.4) is 0 Å². The maximum absolute atomic E-state index is 12.6. The zero-order chi connectivity index (χ0) is 17.3. The van der Waals surface area contributed by atoms with Crippen molar-refractivity contribution in [2.24, 2.45) is 0 Å². The average molecular weight is 362 g/mol. The summed E-state index contributed by atoms with van der Waals surface area (Å²) in [4.78, 5) is 17.0. The highest BCUT2D eigenvalue weighted by Crippen LogP contribution is 2.25. The number of thiazole rings is 1. The van der Waals surface area contributed by atoms with Crippen molar-refractivity contribution < 1.29 is 4.79 Å². The number of rotatable bonds is 6. The smallest absolute Gasteiger partial charge is 0.209 e. The van der Waals surface area contributed by atoms with Crippen molar-refractivity contribution in [1.82, 2.24) is 29.8 Å². The van der Waals surface area contributed by atoms with Crippen LogP contribution in [-0.2, 0) is 0 Å². The Morgan fingerprint density at radius 2 is 2.17 bits per heavy atom. The molecule has 3 rings (SSSR count). The molecule has 3 aromatic rings. The first kappa shape index (κ1) is 16.8. The molecule has 9 heteroatoms. The molecule has 0 radical (unpaired) electrons. The van der Waals surface area contributed by atoms with Gasteiger partial charge in [0, 0.05) is 28.5 Å². The molecule has 0 spiro atoms. The minimum Gasteiger partial charge on any atom is -0.294 e. The number of hydrogen-bond acceptors (Lipinski definition) is 7. The summed E-state index contributed by atoms with van der Waals surface area (Å²) in [5, 5.41) is 15.1. The lowest BCUT2D eigenvalue weighted by molar-refractivity contribution is 0.102. The normalized spacial score (nSPS) is 11.4. The number of carbonyl (C=O) groups excluding carboxylic acids is 1. The van der Waals surface area contributed by atoms with Gasteiger partial charge in [-0.1, -0.05) is 11.8 Å². The zero-order valence-electron chi connectivity index (χ0n) is 13.9. The number of thioether (sulfide) groups is 1. The Morgan fingerprint density at radius 3 is 2.83 bits per heavy atom. The van der Waals surface area contributed by atoms with Crippen LogP contribution >= 0.6 is 23.1 Å². The maximum Gasteiger partial charge on any atom is 0.209 e. The standard InChI is InChI=1S/C15H18N6OS2/c1-9(2)21-15(17-18-19-21)24-8-13(22)12-7-10(3)20(11(12)4)14-16-5-6-23-14/h5-7,9H,8H2,1-4H3. The molecule has 3 heterocycles. The van der Waals surface area contributed by atoms with E-state index in [1.807, 2.05) is 43.7 Å². The van der Waals surface area contributed by atoms with Gasteiger partial charge in [0.15, 0.2) is 10.9 Å². The summed E-state index contributed by atoms with van der Waals surface area (Å²) in [6.45, 7) is 7.94. The second-order valence-corrected chi connectivity index (χ2v) is 7.46. The van der Waals surface area contributed by atoms with E-state index in [2.05, 4.69) is 20.5 Å². The maximum atomic E-state index is 12.6. The van der Waals surface area contributed by atoms with Crippen LogP contribution in [0.15, 0.2) is 22.8 Å². The third-order valence-electron chi connectivity index (χ3n) is 3.63.